The summed E-state index contributed by atoms with van der Waals surface area (Å²) >= 11 is 0. The van der Waals surface area contributed by atoms with Gasteiger partial charge in [0.25, 0.3) is 0 Å². The fraction of sp³-hybridized carbons (Fsp3) is 0.579. The van der Waals surface area contributed by atoms with Crippen LogP contribution in [0.25, 0.3) is 11.3 Å². The van der Waals surface area contributed by atoms with Crippen molar-refractivity contribution in [3.8, 4) is 11.3 Å². The highest BCUT2D eigenvalue weighted by Crippen LogP contribution is 2.35. The number of nitrogens with zero attached hydrogens (tertiary/aromatic N) is 3. The van der Waals surface area contributed by atoms with E-state index in [9.17, 15) is 0 Å². The Morgan fingerprint density at radius 2 is 1.96 bits per heavy atom. The molecule has 0 radical (unpaired) electrons. The standard InChI is InChI=1S/C19H27N5/c1-24-11-9-16(18(24)12-13-2-3-13)17-8-10-21-19(23-17)22-15-6-4-14(20)5-7-15/h8-11,13-15H,2-7,12,20H2,1H3,(H,21,22,23)/t14-,15-. The number of aromatic nitrogens is 3. The Morgan fingerprint density at radius 3 is 2.71 bits per heavy atom. The van der Waals surface area contributed by atoms with E-state index in [0.717, 1.165) is 49.7 Å². The van der Waals surface area contributed by atoms with Crippen LogP contribution in [0.1, 0.15) is 44.2 Å². The van der Waals surface area contributed by atoms with Gasteiger partial charge in [-0.15, -0.1) is 0 Å². The number of nitrogens with one attached hydrogen (secondary N) is 1. The molecule has 128 valence electrons. The number of anilines is 1. The van der Waals surface area contributed by atoms with Crippen LogP contribution in [-0.2, 0) is 13.5 Å². The molecule has 0 aliphatic heterocycles. The summed E-state index contributed by atoms with van der Waals surface area (Å²) < 4.78 is 2.24. The molecule has 0 amide bonds. The maximum absolute atomic E-state index is 5.99. The van der Waals surface area contributed by atoms with E-state index in [1.54, 1.807) is 0 Å². The SMILES string of the molecule is Cn1ccc(-c2ccnc(N[C@H]3CC[C@H](N)CC3)n2)c1CC1CC1. The molecule has 5 heteroatoms. The Labute approximate surface area is 143 Å². The third-order valence-electron chi connectivity index (χ3n) is 5.42. The van der Waals surface area contributed by atoms with Crippen molar-refractivity contribution >= 4 is 5.95 Å². The highest BCUT2D eigenvalue weighted by atomic mass is 15.1. The van der Waals surface area contributed by atoms with Crippen molar-refractivity contribution in [1.82, 2.24) is 14.5 Å². The van der Waals surface area contributed by atoms with Crippen molar-refractivity contribution in [2.45, 2.75) is 57.0 Å². The molecule has 2 aromatic heterocycles. The van der Waals surface area contributed by atoms with Crippen LogP contribution in [0.5, 0.6) is 0 Å². The van der Waals surface area contributed by atoms with E-state index in [1.807, 2.05) is 12.3 Å². The average molecular weight is 325 g/mol. The van der Waals surface area contributed by atoms with Crippen LogP contribution in [0.2, 0.25) is 0 Å². The topological polar surface area (TPSA) is 68.8 Å². The highest BCUT2D eigenvalue weighted by molar-refractivity contribution is 5.63. The summed E-state index contributed by atoms with van der Waals surface area (Å²) in [7, 11) is 2.13. The second-order valence-electron chi connectivity index (χ2n) is 7.46. The van der Waals surface area contributed by atoms with Crippen LogP contribution in [-0.4, -0.2) is 26.6 Å². The molecule has 0 unspecified atom stereocenters. The number of nitrogens with two attached hydrogens (primary N) is 1. The molecule has 2 saturated carbocycles. The molecule has 2 aliphatic carbocycles. The summed E-state index contributed by atoms with van der Waals surface area (Å²) in [5.41, 5.74) is 9.66. The summed E-state index contributed by atoms with van der Waals surface area (Å²) in [5, 5.41) is 3.51. The molecule has 5 nitrogen and oxygen atoms in total. The van der Waals surface area contributed by atoms with E-state index in [4.69, 9.17) is 10.7 Å². The van der Waals surface area contributed by atoms with E-state index in [-0.39, 0.29) is 0 Å². The fourth-order valence-electron chi connectivity index (χ4n) is 3.67. The zero-order valence-corrected chi connectivity index (χ0v) is 14.4. The lowest BCUT2D eigenvalue weighted by atomic mass is 9.92. The molecule has 0 atom stereocenters. The molecule has 4 rings (SSSR count). The average Bonchev–Trinajstić information content (AvgIpc) is 3.33. The minimum Gasteiger partial charge on any atom is -0.354 e. The first-order chi connectivity index (χ1) is 11.7. The van der Waals surface area contributed by atoms with Crippen LogP contribution in [0.3, 0.4) is 0 Å². The lowest BCUT2D eigenvalue weighted by Gasteiger charge is -2.26. The molecule has 2 fully saturated rings. The lowest BCUT2D eigenvalue weighted by Crippen LogP contribution is -2.33. The van der Waals surface area contributed by atoms with Crippen molar-refractivity contribution in [2.24, 2.45) is 18.7 Å². The van der Waals surface area contributed by atoms with E-state index < -0.39 is 0 Å². The molecule has 0 saturated heterocycles. The molecular formula is C19H27N5. The normalized spacial score (nSPS) is 24.1. The van der Waals surface area contributed by atoms with Gasteiger partial charge >= 0.3 is 0 Å². The van der Waals surface area contributed by atoms with Crippen molar-refractivity contribution < 1.29 is 0 Å². The quantitative estimate of drug-likeness (QED) is 0.886. The molecule has 2 aromatic rings. The zero-order chi connectivity index (χ0) is 16.5. The number of aryl methyl sites for hydroxylation is 1. The van der Waals surface area contributed by atoms with Crippen molar-refractivity contribution in [1.29, 1.82) is 0 Å². The predicted octanol–water partition coefficient (Wildman–Crippen LogP) is 3.12. The van der Waals surface area contributed by atoms with Crippen molar-refractivity contribution in [3.63, 3.8) is 0 Å². The van der Waals surface area contributed by atoms with Crippen LogP contribution < -0.4 is 11.1 Å². The van der Waals surface area contributed by atoms with Gasteiger partial charge in [0.1, 0.15) is 0 Å². The van der Waals surface area contributed by atoms with Gasteiger partial charge in [0.15, 0.2) is 0 Å². The van der Waals surface area contributed by atoms with Gasteiger partial charge in [0.05, 0.1) is 5.69 Å². The van der Waals surface area contributed by atoms with Crippen molar-refractivity contribution in [2.75, 3.05) is 5.32 Å². The Morgan fingerprint density at radius 1 is 1.17 bits per heavy atom. The third-order valence-corrected chi connectivity index (χ3v) is 5.42. The molecule has 0 aromatic carbocycles. The van der Waals surface area contributed by atoms with Crippen molar-refractivity contribution in [3.05, 3.63) is 30.2 Å². The van der Waals surface area contributed by atoms with Gasteiger partial charge < -0.3 is 15.6 Å². The summed E-state index contributed by atoms with van der Waals surface area (Å²) in [6, 6.07) is 5.02. The molecular weight excluding hydrogens is 298 g/mol. The summed E-state index contributed by atoms with van der Waals surface area (Å²) in [4.78, 5) is 9.22. The Bertz CT molecular complexity index is 696. The molecule has 3 N–H and O–H groups in total. The van der Waals surface area contributed by atoms with E-state index in [2.05, 4.69) is 34.2 Å². The lowest BCUT2D eigenvalue weighted by molar-refractivity contribution is 0.410. The second-order valence-corrected chi connectivity index (χ2v) is 7.46. The second kappa shape index (κ2) is 6.55. The Hall–Kier alpha value is -1.88. The minimum absolute atomic E-state index is 0.365. The fourth-order valence-corrected chi connectivity index (χ4v) is 3.67. The van der Waals surface area contributed by atoms with Crippen LogP contribution in [0, 0.1) is 5.92 Å². The molecule has 2 heterocycles. The van der Waals surface area contributed by atoms with Gasteiger partial charge in [-0.1, -0.05) is 0 Å². The van der Waals surface area contributed by atoms with Gasteiger partial charge in [-0.2, -0.15) is 0 Å². The van der Waals surface area contributed by atoms with Crippen LogP contribution in [0.15, 0.2) is 24.5 Å². The Kier molecular flexibility index (Phi) is 4.27. The van der Waals surface area contributed by atoms with E-state index >= 15 is 0 Å². The van der Waals surface area contributed by atoms with Crippen LogP contribution >= 0.6 is 0 Å². The molecule has 0 bridgehead atoms. The Balaban J connectivity index is 1.52. The number of rotatable bonds is 5. The van der Waals surface area contributed by atoms with Gasteiger partial charge in [-0.3, -0.25) is 0 Å². The number of hydrogen-bond donors (Lipinski definition) is 2. The minimum atomic E-state index is 0.365. The third kappa shape index (κ3) is 3.46. The first-order valence-corrected chi connectivity index (χ1v) is 9.19. The summed E-state index contributed by atoms with van der Waals surface area (Å²) in [6.07, 6.45) is 12.3. The van der Waals surface area contributed by atoms with Gasteiger partial charge in [-0.25, -0.2) is 9.97 Å². The summed E-state index contributed by atoms with van der Waals surface area (Å²) in [5.74, 6) is 1.61. The van der Waals surface area contributed by atoms with Crippen LogP contribution in [0.4, 0.5) is 5.95 Å². The largest absolute Gasteiger partial charge is 0.354 e. The monoisotopic (exact) mass is 325 g/mol. The van der Waals surface area contributed by atoms with Gasteiger partial charge in [-0.05, 0) is 63.0 Å². The maximum atomic E-state index is 5.99. The highest BCUT2D eigenvalue weighted by Gasteiger charge is 2.25. The van der Waals surface area contributed by atoms with E-state index in [0.29, 0.717) is 12.1 Å². The zero-order valence-electron chi connectivity index (χ0n) is 14.4. The van der Waals surface area contributed by atoms with Gasteiger partial charge in [0.2, 0.25) is 5.95 Å². The first-order valence-electron chi connectivity index (χ1n) is 9.19. The predicted molar refractivity (Wildman–Crippen MR) is 96.7 cm³/mol. The molecule has 2 aliphatic rings. The molecule has 0 spiro atoms. The first kappa shape index (κ1) is 15.6. The van der Waals surface area contributed by atoms with Gasteiger partial charge in [0, 0.05) is 42.8 Å². The number of hydrogen-bond acceptors (Lipinski definition) is 4. The summed E-state index contributed by atoms with van der Waals surface area (Å²) in [6.45, 7) is 0. The smallest absolute Gasteiger partial charge is 0.223 e. The molecule has 24 heavy (non-hydrogen) atoms. The van der Waals surface area contributed by atoms with E-state index in [1.165, 1.54) is 24.1 Å². The maximum Gasteiger partial charge on any atom is 0.223 e.